The smallest absolute Gasteiger partial charge is 0.253 e. The summed E-state index contributed by atoms with van der Waals surface area (Å²) < 4.78 is 15.8. The second-order valence-electron chi connectivity index (χ2n) is 5.10. The summed E-state index contributed by atoms with van der Waals surface area (Å²) in [5.41, 5.74) is 0.777. The van der Waals surface area contributed by atoms with Crippen molar-refractivity contribution in [3.63, 3.8) is 0 Å². The van der Waals surface area contributed by atoms with E-state index in [0.717, 1.165) is 5.56 Å². The van der Waals surface area contributed by atoms with Crippen molar-refractivity contribution in [2.45, 2.75) is 6.42 Å². The van der Waals surface area contributed by atoms with Gasteiger partial charge in [0.1, 0.15) is 6.61 Å². The van der Waals surface area contributed by atoms with Gasteiger partial charge in [-0.05, 0) is 36.3 Å². The molecule has 0 fully saturated rings. The molecule has 1 aliphatic heterocycles. The lowest BCUT2D eigenvalue weighted by Gasteiger charge is -2.19. The first-order valence-electron chi connectivity index (χ1n) is 7.65. The predicted molar refractivity (Wildman–Crippen MR) is 89.9 cm³/mol. The highest BCUT2D eigenvalue weighted by Crippen LogP contribution is 2.28. The summed E-state index contributed by atoms with van der Waals surface area (Å²) in [5, 5.41) is 0. The summed E-state index contributed by atoms with van der Waals surface area (Å²) in [5.74, 6) is 0.561. The van der Waals surface area contributed by atoms with Crippen molar-refractivity contribution in [3.05, 3.63) is 42.0 Å². The Bertz CT molecular complexity index is 651. The zero-order valence-electron chi connectivity index (χ0n) is 13.9. The summed E-state index contributed by atoms with van der Waals surface area (Å²) in [6.45, 7) is 1.32. The molecule has 1 heterocycles. The predicted octanol–water partition coefficient (Wildman–Crippen LogP) is 2.05. The van der Waals surface area contributed by atoms with Crippen molar-refractivity contribution in [1.29, 1.82) is 0 Å². The zero-order valence-corrected chi connectivity index (χ0v) is 13.9. The van der Waals surface area contributed by atoms with Crippen molar-refractivity contribution in [3.8, 4) is 11.5 Å². The molecule has 0 unspecified atom stereocenters. The molecular weight excluding hydrogens is 310 g/mol. The first-order valence-corrected chi connectivity index (χ1v) is 7.65. The molecule has 6 heteroatoms. The lowest BCUT2D eigenvalue weighted by atomic mass is 10.1. The van der Waals surface area contributed by atoms with Crippen LogP contribution in [0.15, 0.2) is 36.4 Å². The molecule has 1 aromatic carbocycles. The quantitative estimate of drug-likeness (QED) is 0.565. The van der Waals surface area contributed by atoms with Crippen LogP contribution in [0.1, 0.15) is 12.0 Å². The Kier molecular flexibility index (Phi) is 6.57. The molecule has 0 aromatic heterocycles. The van der Waals surface area contributed by atoms with Crippen LogP contribution in [0.2, 0.25) is 0 Å². The van der Waals surface area contributed by atoms with E-state index in [-0.39, 0.29) is 11.8 Å². The van der Waals surface area contributed by atoms with Crippen molar-refractivity contribution < 1.29 is 23.8 Å². The molecule has 0 saturated heterocycles. The fourth-order valence-corrected chi connectivity index (χ4v) is 2.21. The van der Waals surface area contributed by atoms with Gasteiger partial charge in [-0.25, -0.2) is 0 Å². The van der Waals surface area contributed by atoms with Gasteiger partial charge in [-0.15, -0.1) is 0 Å². The normalized spacial score (nSPS) is 14.2. The van der Waals surface area contributed by atoms with E-state index < -0.39 is 0 Å². The van der Waals surface area contributed by atoms with Gasteiger partial charge in [0.15, 0.2) is 11.5 Å². The van der Waals surface area contributed by atoms with Crippen molar-refractivity contribution in [2.75, 3.05) is 34.0 Å². The van der Waals surface area contributed by atoms with E-state index in [1.165, 1.54) is 17.1 Å². The van der Waals surface area contributed by atoms with Crippen molar-refractivity contribution >= 4 is 17.9 Å². The van der Waals surface area contributed by atoms with Crippen LogP contribution in [-0.2, 0) is 14.3 Å². The number of amides is 2. The second kappa shape index (κ2) is 8.88. The number of carbonyl (C=O) groups excluding carboxylic acids is 2. The molecule has 2 amide bonds. The van der Waals surface area contributed by atoms with Gasteiger partial charge in [-0.3, -0.25) is 14.5 Å². The van der Waals surface area contributed by atoms with Crippen LogP contribution in [0, 0.1) is 0 Å². The Labute approximate surface area is 141 Å². The highest BCUT2D eigenvalue weighted by molar-refractivity contribution is 6.06. The minimum atomic E-state index is -0.330. The molecule has 1 aromatic rings. The van der Waals surface area contributed by atoms with Crippen LogP contribution in [-0.4, -0.2) is 50.7 Å². The molecule has 6 nitrogen and oxygen atoms in total. The number of carbonyl (C=O) groups is 2. The number of hydrogen-bond donors (Lipinski definition) is 0. The molecule has 1 aliphatic rings. The molecular formula is C18H21NO5. The molecule has 24 heavy (non-hydrogen) atoms. The molecule has 2 rings (SSSR count). The van der Waals surface area contributed by atoms with Gasteiger partial charge in [-0.2, -0.15) is 0 Å². The third-order valence-corrected chi connectivity index (χ3v) is 3.46. The van der Waals surface area contributed by atoms with E-state index in [0.29, 0.717) is 37.7 Å². The van der Waals surface area contributed by atoms with Gasteiger partial charge in [0.25, 0.3) is 11.8 Å². The van der Waals surface area contributed by atoms with E-state index in [1.54, 1.807) is 38.5 Å². The minimum absolute atomic E-state index is 0.282. The van der Waals surface area contributed by atoms with Gasteiger partial charge in [0.2, 0.25) is 0 Å². The van der Waals surface area contributed by atoms with Crippen LogP contribution >= 0.6 is 0 Å². The number of rotatable bonds is 7. The van der Waals surface area contributed by atoms with Gasteiger partial charge in [0.05, 0.1) is 13.7 Å². The lowest BCUT2D eigenvalue weighted by molar-refractivity contribution is -0.139. The van der Waals surface area contributed by atoms with E-state index in [1.807, 2.05) is 6.07 Å². The fraction of sp³-hybridized carbons (Fsp3) is 0.333. The largest absolute Gasteiger partial charge is 0.493 e. The number of ether oxygens (including phenoxy) is 3. The number of benzene rings is 1. The summed E-state index contributed by atoms with van der Waals surface area (Å²) in [6.07, 6.45) is 6.91. The topological polar surface area (TPSA) is 65.1 Å². The van der Waals surface area contributed by atoms with Gasteiger partial charge >= 0.3 is 0 Å². The van der Waals surface area contributed by atoms with Crippen molar-refractivity contribution in [1.82, 2.24) is 4.90 Å². The van der Waals surface area contributed by atoms with Crippen LogP contribution in [0.5, 0.6) is 11.5 Å². The SMILES string of the molecule is COCCOc1ccc(/C=C/C(=O)N2CCC=CC2=O)cc1OC. The third-order valence-electron chi connectivity index (χ3n) is 3.46. The maximum absolute atomic E-state index is 12.1. The van der Waals surface area contributed by atoms with Crippen LogP contribution in [0.4, 0.5) is 0 Å². The molecule has 0 aliphatic carbocycles. The van der Waals surface area contributed by atoms with E-state index in [4.69, 9.17) is 14.2 Å². The van der Waals surface area contributed by atoms with Crippen LogP contribution in [0.25, 0.3) is 6.08 Å². The maximum Gasteiger partial charge on any atom is 0.253 e. The third kappa shape index (κ3) is 4.70. The Hall–Kier alpha value is -2.60. The first kappa shape index (κ1) is 17.7. The highest BCUT2D eigenvalue weighted by atomic mass is 16.5. The number of imide groups is 1. The Morgan fingerprint density at radius 2 is 2.08 bits per heavy atom. The second-order valence-corrected chi connectivity index (χ2v) is 5.10. The number of nitrogens with zero attached hydrogens (tertiary/aromatic N) is 1. The lowest BCUT2D eigenvalue weighted by Crippen LogP contribution is -2.37. The number of hydrogen-bond acceptors (Lipinski definition) is 5. The molecule has 128 valence electrons. The summed E-state index contributed by atoms with van der Waals surface area (Å²) >= 11 is 0. The first-order chi connectivity index (χ1) is 11.7. The minimum Gasteiger partial charge on any atom is -0.493 e. The summed E-state index contributed by atoms with van der Waals surface area (Å²) in [4.78, 5) is 25.0. The summed E-state index contributed by atoms with van der Waals surface area (Å²) in [7, 11) is 3.16. The van der Waals surface area contributed by atoms with Crippen molar-refractivity contribution in [2.24, 2.45) is 0 Å². The van der Waals surface area contributed by atoms with Crippen LogP contribution < -0.4 is 9.47 Å². The van der Waals surface area contributed by atoms with E-state index in [2.05, 4.69) is 0 Å². The highest BCUT2D eigenvalue weighted by Gasteiger charge is 2.18. The standard InChI is InChI=1S/C18H21NO5/c1-22-11-12-24-15-8-6-14(13-16(15)23-2)7-9-18(21)19-10-4-3-5-17(19)20/h3,5-9,13H,4,10-12H2,1-2H3/b9-7+. The molecule has 0 bridgehead atoms. The van der Waals surface area contributed by atoms with Gasteiger partial charge in [0, 0.05) is 19.7 Å². The Morgan fingerprint density at radius 3 is 2.79 bits per heavy atom. The average molecular weight is 331 g/mol. The Morgan fingerprint density at radius 1 is 1.25 bits per heavy atom. The molecule has 0 radical (unpaired) electrons. The van der Waals surface area contributed by atoms with E-state index in [9.17, 15) is 9.59 Å². The maximum atomic E-state index is 12.1. The fourth-order valence-electron chi connectivity index (χ4n) is 2.21. The molecule has 0 spiro atoms. The molecule has 0 atom stereocenters. The van der Waals surface area contributed by atoms with Gasteiger partial charge < -0.3 is 14.2 Å². The Balaban J connectivity index is 2.05. The number of methoxy groups -OCH3 is 2. The monoisotopic (exact) mass is 331 g/mol. The van der Waals surface area contributed by atoms with Crippen LogP contribution in [0.3, 0.4) is 0 Å². The van der Waals surface area contributed by atoms with E-state index >= 15 is 0 Å². The summed E-state index contributed by atoms with van der Waals surface area (Å²) in [6, 6.07) is 5.35. The average Bonchev–Trinajstić information content (AvgIpc) is 2.61. The molecule has 0 saturated carbocycles. The molecule has 0 N–H and O–H groups in total. The zero-order chi connectivity index (χ0) is 17.4. The van der Waals surface area contributed by atoms with Gasteiger partial charge in [-0.1, -0.05) is 12.1 Å².